The van der Waals surface area contributed by atoms with Crippen molar-refractivity contribution in [2.24, 2.45) is 0 Å². The Kier molecular flexibility index (Phi) is 4.23. The van der Waals surface area contributed by atoms with Crippen LogP contribution in [0.25, 0.3) is 0 Å². The maximum absolute atomic E-state index is 13.3. The Balaban J connectivity index is 1.97. The highest BCUT2D eigenvalue weighted by Crippen LogP contribution is 2.31. The normalized spacial score (nSPS) is 14.9. The standard InChI is InChI=1S/C16H14F2N2O3S/c17-11-8-12(18)10-13(9-11)24(22,23)19-14-4-1-2-5-15(14)20-7-3-6-16(20)21/h1-2,4-5,8-10,19H,3,6-7H2. The van der Waals surface area contributed by atoms with Crippen LogP contribution in [0.4, 0.5) is 20.2 Å². The molecule has 0 atom stereocenters. The molecule has 1 aliphatic rings. The van der Waals surface area contributed by atoms with E-state index in [1.54, 1.807) is 18.2 Å². The monoisotopic (exact) mass is 352 g/mol. The Morgan fingerprint density at radius 2 is 1.71 bits per heavy atom. The van der Waals surface area contributed by atoms with Gasteiger partial charge in [-0.2, -0.15) is 0 Å². The van der Waals surface area contributed by atoms with Gasteiger partial charge in [0.1, 0.15) is 11.6 Å². The number of sulfonamides is 1. The average molecular weight is 352 g/mol. The first-order chi connectivity index (χ1) is 11.4. The summed E-state index contributed by atoms with van der Waals surface area (Å²) in [7, 11) is -4.20. The molecule has 1 fully saturated rings. The molecule has 24 heavy (non-hydrogen) atoms. The summed E-state index contributed by atoms with van der Waals surface area (Å²) in [4.78, 5) is 12.9. The molecule has 1 saturated heterocycles. The highest BCUT2D eigenvalue weighted by Gasteiger charge is 2.25. The van der Waals surface area contributed by atoms with Crippen molar-refractivity contribution in [1.82, 2.24) is 0 Å². The molecule has 1 amide bonds. The smallest absolute Gasteiger partial charge is 0.262 e. The van der Waals surface area contributed by atoms with E-state index in [4.69, 9.17) is 0 Å². The number of nitrogens with one attached hydrogen (secondary N) is 1. The maximum atomic E-state index is 13.3. The predicted molar refractivity (Wildman–Crippen MR) is 85.2 cm³/mol. The molecule has 0 aliphatic carbocycles. The number of hydrogen-bond acceptors (Lipinski definition) is 3. The average Bonchev–Trinajstić information content (AvgIpc) is 2.92. The molecule has 0 saturated carbocycles. The van der Waals surface area contributed by atoms with Gasteiger partial charge in [0.15, 0.2) is 0 Å². The fourth-order valence-corrected chi connectivity index (χ4v) is 3.70. The summed E-state index contributed by atoms with van der Waals surface area (Å²) in [6.07, 6.45) is 1.09. The van der Waals surface area contributed by atoms with Gasteiger partial charge < -0.3 is 4.90 Å². The van der Waals surface area contributed by atoms with Crippen LogP contribution in [0, 0.1) is 11.6 Å². The number of halogens is 2. The fraction of sp³-hybridized carbons (Fsp3) is 0.188. The second kappa shape index (κ2) is 6.20. The van der Waals surface area contributed by atoms with Crippen LogP contribution >= 0.6 is 0 Å². The highest BCUT2D eigenvalue weighted by molar-refractivity contribution is 7.92. The topological polar surface area (TPSA) is 66.5 Å². The number of para-hydroxylation sites is 2. The second-order valence-corrected chi connectivity index (χ2v) is 7.06. The molecule has 0 aromatic heterocycles. The molecule has 126 valence electrons. The third kappa shape index (κ3) is 3.23. The Morgan fingerprint density at radius 1 is 1.04 bits per heavy atom. The van der Waals surface area contributed by atoms with Crippen molar-refractivity contribution in [3.05, 3.63) is 54.1 Å². The van der Waals surface area contributed by atoms with Gasteiger partial charge in [-0.3, -0.25) is 9.52 Å². The van der Waals surface area contributed by atoms with Gasteiger partial charge in [-0.25, -0.2) is 17.2 Å². The number of hydrogen-bond donors (Lipinski definition) is 1. The Morgan fingerprint density at radius 3 is 2.33 bits per heavy atom. The van der Waals surface area contributed by atoms with E-state index in [0.717, 1.165) is 12.1 Å². The molecule has 5 nitrogen and oxygen atoms in total. The lowest BCUT2D eigenvalue weighted by atomic mass is 10.2. The van der Waals surface area contributed by atoms with E-state index in [-0.39, 0.29) is 11.6 Å². The second-order valence-electron chi connectivity index (χ2n) is 5.38. The zero-order valence-corrected chi connectivity index (χ0v) is 13.3. The molecule has 1 N–H and O–H groups in total. The molecular formula is C16H14F2N2O3S. The van der Waals surface area contributed by atoms with E-state index in [2.05, 4.69) is 4.72 Å². The summed E-state index contributed by atoms with van der Waals surface area (Å²) in [6.45, 7) is 0.492. The van der Waals surface area contributed by atoms with E-state index < -0.39 is 26.6 Å². The molecule has 0 radical (unpaired) electrons. The molecular weight excluding hydrogens is 338 g/mol. The Labute approximate surface area is 138 Å². The van der Waals surface area contributed by atoms with Crippen molar-refractivity contribution >= 4 is 27.3 Å². The fourth-order valence-electron chi connectivity index (χ4n) is 2.59. The summed E-state index contributed by atoms with van der Waals surface area (Å²) in [6, 6.07) is 8.45. The van der Waals surface area contributed by atoms with Gasteiger partial charge in [-0.05, 0) is 30.7 Å². The first-order valence-electron chi connectivity index (χ1n) is 7.25. The minimum Gasteiger partial charge on any atom is -0.310 e. The molecule has 1 heterocycles. The molecule has 0 spiro atoms. The first-order valence-corrected chi connectivity index (χ1v) is 8.73. The van der Waals surface area contributed by atoms with Crippen LogP contribution in [-0.4, -0.2) is 20.9 Å². The maximum Gasteiger partial charge on any atom is 0.262 e. The molecule has 3 rings (SSSR count). The van der Waals surface area contributed by atoms with Gasteiger partial charge in [0.05, 0.1) is 16.3 Å². The van der Waals surface area contributed by atoms with Crippen molar-refractivity contribution in [2.75, 3.05) is 16.2 Å². The summed E-state index contributed by atoms with van der Waals surface area (Å²) in [5.41, 5.74) is 0.595. The number of benzene rings is 2. The van der Waals surface area contributed by atoms with Crippen molar-refractivity contribution < 1.29 is 22.0 Å². The number of carbonyl (C=O) groups is 1. The third-order valence-corrected chi connectivity index (χ3v) is 5.00. The van der Waals surface area contributed by atoms with Crippen LogP contribution in [0.3, 0.4) is 0 Å². The lowest BCUT2D eigenvalue weighted by Crippen LogP contribution is -2.25. The number of rotatable bonds is 4. The van der Waals surface area contributed by atoms with E-state index >= 15 is 0 Å². The lowest BCUT2D eigenvalue weighted by Gasteiger charge is -2.20. The van der Waals surface area contributed by atoms with Gasteiger partial charge in [0.2, 0.25) is 5.91 Å². The number of nitrogens with zero attached hydrogens (tertiary/aromatic N) is 1. The molecule has 1 aliphatic heterocycles. The number of amides is 1. The number of anilines is 2. The summed E-state index contributed by atoms with van der Waals surface area (Å²) in [5, 5.41) is 0. The quantitative estimate of drug-likeness (QED) is 0.920. The van der Waals surface area contributed by atoms with Crippen LogP contribution < -0.4 is 9.62 Å². The van der Waals surface area contributed by atoms with Gasteiger partial charge in [0.25, 0.3) is 10.0 Å². The van der Waals surface area contributed by atoms with Crippen LogP contribution in [0.1, 0.15) is 12.8 Å². The number of carbonyl (C=O) groups excluding carboxylic acids is 1. The molecule has 0 bridgehead atoms. The lowest BCUT2D eigenvalue weighted by molar-refractivity contribution is -0.117. The van der Waals surface area contributed by atoms with Crippen LogP contribution in [0.15, 0.2) is 47.4 Å². The molecule has 8 heteroatoms. The molecule has 2 aromatic carbocycles. The van der Waals surface area contributed by atoms with Crippen molar-refractivity contribution in [2.45, 2.75) is 17.7 Å². The Hall–Kier alpha value is -2.48. The van der Waals surface area contributed by atoms with E-state index in [0.29, 0.717) is 31.1 Å². The van der Waals surface area contributed by atoms with Crippen LogP contribution in [-0.2, 0) is 14.8 Å². The highest BCUT2D eigenvalue weighted by atomic mass is 32.2. The minimum absolute atomic E-state index is 0.0987. The minimum atomic E-state index is -4.20. The van der Waals surface area contributed by atoms with E-state index in [1.165, 1.54) is 11.0 Å². The van der Waals surface area contributed by atoms with Crippen LogP contribution in [0.5, 0.6) is 0 Å². The van der Waals surface area contributed by atoms with E-state index in [1.807, 2.05) is 0 Å². The predicted octanol–water partition coefficient (Wildman–Crippen LogP) is 2.89. The summed E-state index contributed by atoms with van der Waals surface area (Å²) in [5.74, 6) is -2.07. The van der Waals surface area contributed by atoms with Gasteiger partial charge >= 0.3 is 0 Å². The van der Waals surface area contributed by atoms with Gasteiger partial charge in [-0.1, -0.05) is 12.1 Å². The van der Waals surface area contributed by atoms with Crippen molar-refractivity contribution in [3.8, 4) is 0 Å². The zero-order chi connectivity index (χ0) is 17.3. The molecule has 2 aromatic rings. The SMILES string of the molecule is O=C1CCCN1c1ccccc1NS(=O)(=O)c1cc(F)cc(F)c1. The third-order valence-electron chi connectivity index (χ3n) is 3.66. The van der Waals surface area contributed by atoms with E-state index in [9.17, 15) is 22.0 Å². The molecule has 0 unspecified atom stereocenters. The van der Waals surface area contributed by atoms with Gasteiger partial charge in [-0.15, -0.1) is 0 Å². The summed E-state index contributed by atoms with van der Waals surface area (Å²) < 4.78 is 53.7. The van der Waals surface area contributed by atoms with Gasteiger partial charge in [0, 0.05) is 19.0 Å². The van der Waals surface area contributed by atoms with Crippen molar-refractivity contribution in [1.29, 1.82) is 0 Å². The Bertz CT molecular complexity index is 880. The largest absolute Gasteiger partial charge is 0.310 e. The van der Waals surface area contributed by atoms with Crippen LogP contribution in [0.2, 0.25) is 0 Å². The van der Waals surface area contributed by atoms with Crippen molar-refractivity contribution in [3.63, 3.8) is 0 Å². The first kappa shape index (κ1) is 16.4. The zero-order valence-electron chi connectivity index (χ0n) is 12.5. The summed E-state index contributed by atoms with van der Waals surface area (Å²) >= 11 is 0.